The summed E-state index contributed by atoms with van der Waals surface area (Å²) in [6.07, 6.45) is 0. The molecule has 3 aromatic rings. The van der Waals surface area contributed by atoms with Crippen LogP contribution >= 0.6 is 27.5 Å². The Labute approximate surface area is 181 Å². The van der Waals surface area contributed by atoms with Gasteiger partial charge in [0.2, 0.25) is 0 Å². The van der Waals surface area contributed by atoms with Crippen molar-refractivity contribution in [2.45, 2.75) is 6.54 Å². The van der Waals surface area contributed by atoms with Gasteiger partial charge in [-0.1, -0.05) is 11.6 Å². The van der Waals surface area contributed by atoms with E-state index in [0.29, 0.717) is 33.1 Å². The summed E-state index contributed by atoms with van der Waals surface area (Å²) >= 11 is 9.23. The molecule has 0 aliphatic heterocycles. The van der Waals surface area contributed by atoms with Crippen LogP contribution in [0.2, 0.25) is 5.02 Å². The summed E-state index contributed by atoms with van der Waals surface area (Å²) in [5.74, 6) is 0.476. The average molecular weight is 479 g/mol. The molecule has 0 saturated carbocycles. The number of anilines is 1. The van der Waals surface area contributed by atoms with E-state index in [4.69, 9.17) is 21.1 Å². The molecule has 0 bridgehead atoms. The normalized spacial score (nSPS) is 10.5. The number of methoxy groups -OCH3 is 2. The maximum absolute atomic E-state index is 14.7. The summed E-state index contributed by atoms with van der Waals surface area (Å²) in [4.78, 5) is 12.7. The van der Waals surface area contributed by atoms with Crippen molar-refractivity contribution < 1.29 is 18.7 Å². The smallest absolute Gasteiger partial charge is 0.194 e. The lowest BCUT2D eigenvalue weighted by atomic mass is 10.0. The molecule has 0 unspecified atom stereocenters. The average Bonchev–Trinajstić information content (AvgIpc) is 2.74. The van der Waals surface area contributed by atoms with Crippen LogP contribution in [0.5, 0.6) is 11.5 Å². The summed E-state index contributed by atoms with van der Waals surface area (Å²) in [6, 6.07) is 14.6. The van der Waals surface area contributed by atoms with Gasteiger partial charge in [-0.25, -0.2) is 4.39 Å². The summed E-state index contributed by atoms with van der Waals surface area (Å²) in [6.45, 7) is 0.334. The first-order valence-electron chi connectivity index (χ1n) is 8.67. The van der Waals surface area contributed by atoms with E-state index in [1.807, 2.05) is 6.07 Å². The topological polar surface area (TPSA) is 47.6 Å². The van der Waals surface area contributed by atoms with Gasteiger partial charge in [-0.05, 0) is 64.5 Å². The number of nitrogens with one attached hydrogen (secondary N) is 1. The van der Waals surface area contributed by atoms with Crippen molar-refractivity contribution in [1.29, 1.82) is 0 Å². The van der Waals surface area contributed by atoms with Gasteiger partial charge in [-0.15, -0.1) is 0 Å². The fourth-order valence-electron chi connectivity index (χ4n) is 2.80. The first-order valence-corrected chi connectivity index (χ1v) is 9.84. The van der Waals surface area contributed by atoms with Crippen molar-refractivity contribution in [3.63, 3.8) is 0 Å². The lowest BCUT2D eigenvalue weighted by Gasteiger charge is -2.14. The number of benzene rings is 3. The van der Waals surface area contributed by atoms with E-state index in [9.17, 15) is 9.18 Å². The molecule has 0 aromatic heterocycles. The van der Waals surface area contributed by atoms with Crippen molar-refractivity contribution >= 4 is 39.0 Å². The molecule has 0 aliphatic rings. The lowest BCUT2D eigenvalue weighted by molar-refractivity contribution is 0.103. The maximum Gasteiger partial charge on any atom is 0.194 e. The van der Waals surface area contributed by atoms with E-state index < -0.39 is 5.82 Å². The van der Waals surface area contributed by atoms with E-state index >= 15 is 0 Å². The van der Waals surface area contributed by atoms with Gasteiger partial charge in [0.05, 0.1) is 19.9 Å². The maximum atomic E-state index is 14.7. The molecule has 3 rings (SSSR count). The van der Waals surface area contributed by atoms with Crippen LogP contribution in [-0.4, -0.2) is 20.0 Å². The number of halogens is 3. The zero-order valence-electron chi connectivity index (χ0n) is 15.8. The fourth-order valence-corrected chi connectivity index (χ4v) is 3.45. The minimum absolute atomic E-state index is 0.234. The van der Waals surface area contributed by atoms with Gasteiger partial charge in [0.25, 0.3) is 0 Å². The van der Waals surface area contributed by atoms with Crippen LogP contribution in [0.25, 0.3) is 0 Å². The second-order valence-corrected chi connectivity index (χ2v) is 7.47. The summed E-state index contributed by atoms with van der Waals surface area (Å²) in [7, 11) is 3.14. The van der Waals surface area contributed by atoms with Gasteiger partial charge >= 0.3 is 0 Å². The minimum atomic E-state index is -0.530. The zero-order chi connectivity index (χ0) is 21.0. The van der Waals surface area contributed by atoms with E-state index in [2.05, 4.69) is 21.2 Å². The molecule has 0 amide bonds. The van der Waals surface area contributed by atoms with E-state index in [1.165, 1.54) is 6.07 Å². The first-order chi connectivity index (χ1) is 13.9. The molecule has 0 aliphatic carbocycles. The predicted molar refractivity (Wildman–Crippen MR) is 116 cm³/mol. The molecule has 0 spiro atoms. The third-order valence-corrected chi connectivity index (χ3v) is 5.28. The molecule has 29 heavy (non-hydrogen) atoms. The Morgan fingerprint density at radius 1 is 1.07 bits per heavy atom. The second kappa shape index (κ2) is 9.29. The summed E-state index contributed by atoms with van der Waals surface area (Å²) in [5.41, 5.74) is 1.77. The van der Waals surface area contributed by atoms with Crippen LogP contribution in [0.3, 0.4) is 0 Å². The Kier molecular flexibility index (Phi) is 6.77. The lowest BCUT2D eigenvalue weighted by Crippen LogP contribution is -2.07. The molecule has 0 fully saturated rings. The largest absolute Gasteiger partial charge is 0.497 e. The Bertz CT molecular complexity index is 1040. The van der Waals surface area contributed by atoms with Crippen LogP contribution < -0.4 is 14.8 Å². The van der Waals surface area contributed by atoms with Gasteiger partial charge in [0.15, 0.2) is 5.78 Å². The molecule has 0 atom stereocenters. The molecule has 3 aromatic carbocycles. The Morgan fingerprint density at radius 2 is 1.79 bits per heavy atom. The summed E-state index contributed by atoms with van der Waals surface area (Å²) in [5, 5.41) is 3.57. The molecule has 1 N–H and O–H groups in total. The molecule has 0 radical (unpaired) electrons. The first kappa shape index (κ1) is 21.1. The molecule has 4 nitrogen and oxygen atoms in total. The Balaban J connectivity index is 1.81. The number of carbonyl (C=O) groups excluding carboxylic acids is 1. The van der Waals surface area contributed by atoms with Gasteiger partial charge in [0.1, 0.15) is 17.3 Å². The summed E-state index contributed by atoms with van der Waals surface area (Å²) < 4.78 is 25.7. The quantitative estimate of drug-likeness (QED) is 0.417. The standard InChI is InChI=1S/C22H18BrClFNO3/c1-28-16-8-5-14(21(9-16)29-2)12-26-20-11-18(23)17(10-19(20)25)22(27)13-3-6-15(24)7-4-13/h3-11,26H,12H2,1-2H3. The van der Waals surface area contributed by atoms with Gasteiger partial charge in [-0.3, -0.25) is 4.79 Å². The van der Waals surface area contributed by atoms with Gasteiger partial charge in [-0.2, -0.15) is 0 Å². The predicted octanol–water partition coefficient (Wildman–Crippen LogP) is 6.10. The van der Waals surface area contributed by atoms with E-state index in [0.717, 1.165) is 5.56 Å². The Hall–Kier alpha value is -2.57. The molecule has 0 heterocycles. The van der Waals surface area contributed by atoms with Crippen molar-refractivity contribution in [3.8, 4) is 11.5 Å². The van der Waals surface area contributed by atoms with Crippen LogP contribution in [-0.2, 0) is 6.54 Å². The number of hydrogen-bond acceptors (Lipinski definition) is 4. The van der Waals surface area contributed by atoms with Crippen LogP contribution in [0, 0.1) is 5.82 Å². The van der Waals surface area contributed by atoms with Crippen LogP contribution in [0.4, 0.5) is 10.1 Å². The number of carbonyl (C=O) groups is 1. The molecule has 150 valence electrons. The Morgan fingerprint density at radius 3 is 2.45 bits per heavy atom. The zero-order valence-corrected chi connectivity index (χ0v) is 18.1. The van der Waals surface area contributed by atoms with Crippen LogP contribution in [0.1, 0.15) is 21.5 Å². The third-order valence-electron chi connectivity index (χ3n) is 4.37. The van der Waals surface area contributed by atoms with E-state index in [1.54, 1.807) is 56.7 Å². The molecular formula is C22H18BrClFNO3. The highest BCUT2D eigenvalue weighted by Gasteiger charge is 2.17. The molecule has 0 saturated heterocycles. The number of hydrogen-bond donors (Lipinski definition) is 1. The molecular weight excluding hydrogens is 461 g/mol. The van der Waals surface area contributed by atoms with Crippen molar-refractivity contribution in [2.75, 3.05) is 19.5 Å². The SMILES string of the molecule is COc1ccc(CNc2cc(Br)c(C(=O)c3ccc(Cl)cc3)cc2F)c(OC)c1. The highest BCUT2D eigenvalue weighted by Crippen LogP contribution is 2.29. The highest BCUT2D eigenvalue weighted by atomic mass is 79.9. The van der Waals surface area contributed by atoms with Crippen LogP contribution in [0.15, 0.2) is 59.1 Å². The van der Waals surface area contributed by atoms with Gasteiger partial charge < -0.3 is 14.8 Å². The van der Waals surface area contributed by atoms with E-state index in [-0.39, 0.29) is 17.0 Å². The number of rotatable bonds is 7. The van der Waals surface area contributed by atoms with Crippen molar-refractivity contribution in [3.05, 3.63) is 86.6 Å². The fraction of sp³-hybridized carbons (Fsp3) is 0.136. The minimum Gasteiger partial charge on any atom is -0.497 e. The van der Waals surface area contributed by atoms with Gasteiger partial charge in [0, 0.05) is 38.8 Å². The molecule has 7 heteroatoms. The second-order valence-electron chi connectivity index (χ2n) is 6.18. The number of ether oxygens (including phenoxy) is 2. The third kappa shape index (κ3) is 4.89. The van der Waals surface area contributed by atoms with Crippen molar-refractivity contribution in [2.24, 2.45) is 0 Å². The number of ketones is 1. The highest BCUT2D eigenvalue weighted by molar-refractivity contribution is 9.10. The van der Waals surface area contributed by atoms with Crippen molar-refractivity contribution in [1.82, 2.24) is 0 Å². The monoisotopic (exact) mass is 477 g/mol.